The minimum atomic E-state index is -1.64. The van der Waals surface area contributed by atoms with E-state index in [1.165, 1.54) is 13.8 Å². The highest BCUT2D eigenvalue weighted by molar-refractivity contribution is 5.98. The molecule has 1 fully saturated rings. The number of nitrogens with two attached hydrogens (primary N) is 5. The molecule has 1 saturated heterocycles. The van der Waals surface area contributed by atoms with Crippen LogP contribution < -0.4 is 87.2 Å². The van der Waals surface area contributed by atoms with Crippen molar-refractivity contribution in [2.45, 2.75) is 205 Å². The van der Waals surface area contributed by atoms with Gasteiger partial charge in [-0.05, 0) is 122 Å². The van der Waals surface area contributed by atoms with Gasteiger partial charge in [0.25, 0.3) is 0 Å². The zero-order chi connectivity index (χ0) is 60.6. The normalized spacial score (nSPS) is 23.8. The highest BCUT2D eigenvalue weighted by atomic mass is 16.3. The van der Waals surface area contributed by atoms with Gasteiger partial charge in [0.15, 0.2) is 0 Å². The highest BCUT2D eigenvalue weighted by Crippen LogP contribution is 2.13. The van der Waals surface area contributed by atoms with Crippen LogP contribution in [0, 0.1) is 17.8 Å². The Balaban J connectivity index is 3.78. The van der Waals surface area contributed by atoms with Crippen LogP contribution in [0.4, 0.5) is 0 Å². The van der Waals surface area contributed by atoms with Gasteiger partial charge in [0.2, 0.25) is 59.1 Å². The van der Waals surface area contributed by atoms with E-state index < -0.39 is 126 Å². The first-order valence-corrected chi connectivity index (χ1v) is 28.4. The molecule has 13 atom stereocenters. The zero-order valence-electron chi connectivity index (χ0n) is 48.5. The SMILES string of the molecule is CCC(C)CCCC(=O)N[C@@H](CCN)C(=O)N[C@@H](CN[C@@H](CCN)C(=O)N[C@H]1CCNC(=O)[C@H]([C@@H](C)O)NC(=O)[C@H](CCN)NC(=O)[C@H](CCN)NC(=O)[C@H](CC(C)C)NC(=O)[C@@H](CC(C)C)NC(=O)[C@H](CCN)NC1=O)[C@@H](C)O. The number of aliphatic hydroxyl groups excluding tert-OH is 2. The average molecular weight is 1140 g/mol. The molecule has 1 unspecified atom stereocenters. The maximum Gasteiger partial charge on any atom is 0.245 e. The van der Waals surface area contributed by atoms with Gasteiger partial charge >= 0.3 is 0 Å². The third kappa shape index (κ3) is 27.2. The summed E-state index contributed by atoms with van der Waals surface area (Å²) in [7, 11) is 0. The number of carbonyl (C=O) groups excluding carboxylic acids is 10. The molecule has 0 spiro atoms. The van der Waals surface area contributed by atoms with Crippen molar-refractivity contribution in [2.75, 3.05) is 45.8 Å². The van der Waals surface area contributed by atoms with Crippen molar-refractivity contribution in [3.8, 4) is 0 Å². The Morgan fingerprint density at radius 1 is 0.562 bits per heavy atom. The monoisotopic (exact) mass is 1140 g/mol. The minimum Gasteiger partial charge on any atom is -0.391 e. The summed E-state index contributed by atoms with van der Waals surface area (Å²) in [6, 6.07) is -13.0. The van der Waals surface area contributed by atoms with Gasteiger partial charge in [-0.25, -0.2) is 0 Å². The summed E-state index contributed by atoms with van der Waals surface area (Å²) < 4.78 is 0. The lowest BCUT2D eigenvalue weighted by molar-refractivity contribution is -0.136. The predicted octanol–water partition coefficient (Wildman–Crippen LogP) is -5.36. The molecule has 0 aromatic rings. The number of rotatable bonds is 29. The molecular formula is C52H100N16O12. The Hall–Kier alpha value is -5.62. The minimum absolute atomic E-state index is 0.0356. The molecule has 0 saturated carbocycles. The summed E-state index contributed by atoms with van der Waals surface area (Å²) in [5.41, 5.74) is 29.3. The van der Waals surface area contributed by atoms with Gasteiger partial charge < -0.3 is 97.4 Å². The second kappa shape index (κ2) is 38.9. The predicted molar refractivity (Wildman–Crippen MR) is 301 cm³/mol. The Morgan fingerprint density at radius 2 is 1.01 bits per heavy atom. The van der Waals surface area contributed by atoms with Crippen molar-refractivity contribution in [2.24, 2.45) is 46.4 Å². The number of nitrogens with one attached hydrogen (secondary N) is 11. The van der Waals surface area contributed by atoms with Crippen LogP contribution in [0.5, 0.6) is 0 Å². The summed E-state index contributed by atoms with van der Waals surface area (Å²) in [5, 5.41) is 50.8. The Morgan fingerprint density at radius 3 is 1.45 bits per heavy atom. The molecule has 23 N–H and O–H groups in total. The van der Waals surface area contributed by atoms with E-state index in [0.717, 1.165) is 12.8 Å². The quantitative estimate of drug-likeness (QED) is 0.0332. The molecule has 80 heavy (non-hydrogen) atoms. The second-order valence-corrected chi connectivity index (χ2v) is 21.7. The molecule has 0 bridgehead atoms. The molecule has 1 heterocycles. The fourth-order valence-corrected chi connectivity index (χ4v) is 8.63. The van der Waals surface area contributed by atoms with Crippen LogP contribution in [0.2, 0.25) is 0 Å². The fraction of sp³-hybridized carbons (Fsp3) is 0.808. The van der Waals surface area contributed by atoms with Crippen LogP contribution in [-0.4, -0.2) is 188 Å². The molecule has 28 nitrogen and oxygen atoms in total. The first-order valence-electron chi connectivity index (χ1n) is 28.4. The van der Waals surface area contributed by atoms with Crippen molar-refractivity contribution >= 4 is 59.1 Å². The third-order valence-electron chi connectivity index (χ3n) is 13.5. The second-order valence-electron chi connectivity index (χ2n) is 21.7. The summed E-state index contributed by atoms with van der Waals surface area (Å²) >= 11 is 0. The molecule has 0 aromatic carbocycles. The van der Waals surface area contributed by atoms with E-state index in [1.54, 1.807) is 27.7 Å². The maximum absolute atomic E-state index is 14.4. The van der Waals surface area contributed by atoms with Gasteiger partial charge in [-0.2, -0.15) is 0 Å². The smallest absolute Gasteiger partial charge is 0.245 e. The molecule has 0 radical (unpaired) electrons. The van der Waals surface area contributed by atoms with Crippen molar-refractivity contribution < 1.29 is 58.2 Å². The Kier molecular flexibility index (Phi) is 35.2. The topological polar surface area (TPSA) is 474 Å². The van der Waals surface area contributed by atoms with Gasteiger partial charge in [0, 0.05) is 19.5 Å². The Labute approximate surface area is 471 Å². The van der Waals surface area contributed by atoms with Crippen molar-refractivity contribution in [3.05, 3.63) is 0 Å². The first-order chi connectivity index (χ1) is 37.8. The third-order valence-corrected chi connectivity index (χ3v) is 13.5. The fourth-order valence-electron chi connectivity index (χ4n) is 8.63. The lowest BCUT2D eigenvalue weighted by Crippen LogP contribution is -2.61. The van der Waals surface area contributed by atoms with Crippen molar-refractivity contribution in [3.63, 3.8) is 0 Å². The van der Waals surface area contributed by atoms with Crippen molar-refractivity contribution in [1.82, 2.24) is 58.5 Å². The molecule has 1 rings (SSSR count). The van der Waals surface area contributed by atoms with Crippen LogP contribution in [0.15, 0.2) is 0 Å². The van der Waals surface area contributed by atoms with Crippen LogP contribution in [0.3, 0.4) is 0 Å². The van der Waals surface area contributed by atoms with Crippen LogP contribution >= 0.6 is 0 Å². The summed E-state index contributed by atoms with van der Waals surface area (Å²) in [4.78, 5) is 139. The van der Waals surface area contributed by atoms with E-state index in [2.05, 4.69) is 72.3 Å². The van der Waals surface area contributed by atoms with Crippen molar-refractivity contribution in [1.29, 1.82) is 0 Å². The average Bonchev–Trinajstić information content (AvgIpc) is 3.38. The zero-order valence-corrected chi connectivity index (χ0v) is 48.5. The van der Waals surface area contributed by atoms with Crippen LogP contribution in [-0.2, 0) is 47.9 Å². The maximum atomic E-state index is 14.4. The lowest BCUT2D eigenvalue weighted by Gasteiger charge is -2.29. The van der Waals surface area contributed by atoms with Gasteiger partial charge in [-0.3, -0.25) is 47.9 Å². The van der Waals surface area contributed by atoms with Gasteiger partial charge in [0.1, 0.15) is 48.3 Å². The number of hydrogen-bond acceptors (Lipinski definition) is 18. The largest absolute Gasteiger partial charge is 0.391 e. The van der Waals surface area contributed by atoms with E-state index in [1.807, 2.05) is 0 Å². The highest BCUT2D eigenvalue weighted by Gasteiger charge is 2.36. The van der Waals surface area contributed by atoms with Crippen LogP contribution in [0.1, 0.15) is 132 Å². The summed E-state index contributed by atoms with van der Waals surface area (Å²) in [5.74, 6) is -7.65. The molecule has 0 aromatic heterocycles. The number of amides is 10. The first kappa shape index (κ1) is 72.4. The molecule has 0 aliphatic carbocycles. The van der Waals surface area contributed by atoms with Crippen LogP contribution in [0.25, 0.3) is 0 Å². The van der Waals surface area contributed by atoms with Gasteiger partial charge in [-0.1, -0.05) is 54.4 Å². The number of aliphatic hydroxyl groups is 2. The summed E-state index contributed by atoms with van der Waals surface area (Å²) in [6.45, 7) is 13.1. The molecule has 28 heteroatoms. The molecule has 10 amide bonds. The van der Waals surface area contributed by atoms with Gasteiger partial charge in [-0.15, -0.1) is 0 Å². The number of carbonyl (C=O) groups is 10. The van der Waals surface area contributed by atoms with E-state index in [4.69, 9.17) is 28.7 Å². The molecule has 1 aliphatic rings. The van der Waals surface area contributed by atoms with E-state index >= 15 is 0 Å². The van der Waals surface area contributed by atoms with E-state index in [0.29, 0.717) is 12.3 Å². The molecule has 460 valence electrons. The van der Waals surface area contributed by atoms with Gasteiger partial charge in [0.05, 0.1) is 24.3 Å². The van der Waals surface area contributed by atoms with E-state index in [9.17, 15) is 58.2 Å². The van der Waals surface area contributed by atoms with E-state index in [-0.39, 0.29) is 121 Å². The molecule has 1 aliphatic heterocycles. The summed E-state index contributed by atoms with van der Waals surface area (Å²) in [6.07, 6.45) is -0.605. The Bertz CT molecular complexity index is 1970. The standard InChI is InChI=1S/C52H100N16O12/c1-9-30(6)11-10-12-42(71)60-34(14-20-54)45(73)67-41(31(7)69)27-59-33(13-19-53)44(72)64-38-18-24-58-52(80)43(32(8)70)68-49(77)37(17-23-57)62-46(74)35(15-21-55)63-50(78)39(25-28(2)3)66-51(79)40(26-29(4)5)65-47(75)36(16-22-56)61-48(38)76/h28-41,43,59,69-70H,9-27,53-57H2,1-8H3,(H,58,80)(H,60,71)(H,61,76)(H,62,74)(H,63,78)(H,64,72)(H,65,75)(H,66,79)(H,67,73)(H,68,77)/t30?,31-,32-,33+,34+,35+,36+,37+,38+,39+,40-,41+,43+/m1/s1. The number of hydrogen-bond donors (Lipinski definition) is 18. The lowest BCUT2D eigenvalue weighted by atomic mass is 9.99. The molecular weight excluding hydrogens is 1040 g/mol.